The minimum absolute atomic E-state index is 0.0744. The van der Waals surface area contributed by atoms with E-state index in [-0.39, 0.29) is 12.2 Å². The van der Waals surface area contributed by atoms with Crippen LogP contribution < -0.4 is 5.73 Å². The molecule has 22 heavy (non-hydrogen) atoms. The van der Waals surface area contributed by atoms with E-state index in [0.717, 1.165) is 10.5 Å². The van der Waals surface area contributed by atoms with Gasteiger partial charge in [-0.15, -0.1) is 0 Å². The second-order valence-electron chi connectivity index (χ2n) is 5.27. The van der Waals surface area contributed by atoms with Crippen LogP contribution >= 0.6 is 0 Å². The Kier molecular flexibility index (Phi) is 4.39. The first kappa shape index (κ1) is 16.3. The monoisotopic (exact) mass is 315 g/mol. The highest BCUT2D eigenvalue weighted by molar-refractivity contribution is 5.93. The number of hydrogen-bond donors (Lipinski definition) is 1. The molecule has 0 unspecified atom stereocenters. The molecular formula is C14H16F3N3O2. The molecule has 2 amide bonds. The number of nitrogens with zero attached hydrogens (tertiary/aromatic N) is 2. The lowest BCUT2D eigenvalue weighted by molar-refractivity contribution is -0.182. The highest BCUT2D eigenvalue weighted by atomic mass is 19.4. The lowest BCUT2D eigenvalue weighted by atomic mass is 9.95. The summed E-state index contributed by atoms with van der Waals surface area (Å²) in [4.78, 5) is 28.4. The van der Waals surface area contributed by atoms with Crippen LogP contribution in [0.15, 0.2) is 18.3 Å². The molecule has 0 saturated carbocycles. The molecule has 0 spiro atoms. The topological polar surface area (TPSA) is 76.3 Å². The zero-order valence-corrected chi connectivity index (χ0v) is 11.9. The van der Waals surface area contributed by atoms with Crippen molar-refractivity contribution in [3.63, 3.8) is 0 Å². The van der Waals surface area contributed by atoms with Crippen molar-refractivity contribution in [2.45, 2.75) is 19.5 Å². The normalized spacial score (nSPS) is 21.9. The fraction of sp³-hybridized carbons (Fsp3) is 0.500. The van der Waals surface area contributed by atoms with Crippen LogP contribution in [0.25, 0.3) is 0 Å². The van der Waals surface area contributed by atoms with Crippen LogP contribution in [-0.4, -0.2) is 41.0 Å². The van der Waals surface area contributed by atoms with Gasteiger partial charge in [0.05, 0.1) is 11.8 Å². The van der Waals surface area contributed by atoms with E-state index in [4.69, 9.17) is 5.73 Å². The number of rotatable bonds is 3. The number of alkyl halides is 3. The van der Waals surface area contributed by atoms with Crippen molar-refractivity contribution < 1.29 is 22.8 Å². The summed E-state index contributed by atoms with van der Waals surface area (Å²) < 4.78 is 38.9. The van der Waals surface area contributed by atoms with Gasteiger partial charge in [0.15, 0.2) is 0 Å². The first-order valence-electron chi connectivity index (χ1n) is 6.84. The average molecular weight is 315 g/mol. The number of aryl methyl sites for hydroxylation is 1. The second-order valence-corrected chi connectivity index (χ2v) is 5.27. The van der Waals surface area contributed by atoms with Gasteiger partial charge >= 0.3 is 6.18 Å². The number of pyridine rings is 1. The number of aromatic nitrogens is 1. The third-order valence-electron chi connectivity index (χ3n) is 3.84. The molecule has 1 fully saturated rings. The molecular weight excluding hydrogens is 299 g/mol. The standard InChI is InChI=1S/C14H16F3N3O2/c1-2-8-3-4-19-11(5-8)13(22)20-6-9(12(18)21)10(7-20)14(15,16)17/h3-5,9-10H,2,6-7H2,1H3,(H2,18,21)/t9-,10-/m1/s1. The van der Waals surface area contributed by atoms with Crippen LogP contribution in [0.1, 0.15) is 23.0 Å². The maximum atomic E-state index is 13.0. The lowest BCUT2D eigenvalue weighted by Crippen LogP contribution is -2.37. The molecule has 0 aliphatic carbocycles. The van der Waals surface area contributed by atoms with Crippen molar-refractivity contribution in [1.82, 2.24) is 9.88 Å². The Labute approximate surface area is 125 Å². The Hall–Kier alpha value is -2.12. The number of carbonyl (C=O) groups is 2. The molecule has 1 aromatic heterocycles. The molecule has 0 radical (unpaired) electrons. The number of halogens is 3. The van der Waals surface area contributed by atoms with Gasteiger partial charge in [-0.25, -0.2) is 0 Å². The SMILES string of the molecule is CCc1ccnc(C(=O)N2C[C@@H](C(F)(F)F)[C@H](C(N)=O)C2)c1. The van der Waals surface area contributed by atoms with Gasteiger partial charge < -0.3 is 10.6 Å². The van der Waals surface area contributed by atoms with E-state index in [0.29, 0.717) is 6.42 Å². The molecule has 5 nitrogen and oxygen atoms in total. The number of amides is 2. The van der Waals surface area contributed by atoms with E-state index in [1.165, 1.54) is 6.20 Å². The largest absolute Gasteiger partial charge is 0.394 e. The van der Waals surface area contributed by atoms with Gasteiger partial charge in [-0.05, 0) is 24.1 Å². The van der Waals surface area contributed by atoms with Gasteiger partial charge in [0.2, 0.25) is 5.91 Å². The fourth-order valence-corrected chi connectivity index (χ4v) is 2.56. The summed E-state index contributed by atoms with van der Waals surface area (Å²) in [6.07, 6.45) is -2.46. The summed E-state index contributed by atoms with van der Waals surface area (Å²) in [7, 11) is 0. The summed E-state index contributed by atoms with van der Waals surface area (Å²) in [5.74, 6) is -5.01. The molecule has 1 saturated heterocycles. The molecule has 1 aliphatic rings. The predicted octanol–water partition coefficient (Wildman–Crippen LogP) is 1.38. The summed E-state index contributed by atoms with van der Waals surface area (Å²) in [5, 5.41) is 0. The fourth-order valence-electron chi connectivity index (χ4n) is 2.56. The maximum Gasteiger partial charge on any atom is 0.394 e. The number of hydrogen-bond acceptors (Lipinski definition) is 3. The highest BCUT2D eigenvalue weighted by Crippen LogP contribution is 2.37. The third-order valence-corrected chi connectivity index (χ3v) is 3.84. The van der Waals surface area contributed by atoms with Gasteiger partial charge in [0.1, 0.15) is 5.69 Å². The van der Waals surface area contributed by atoms with Crippen molar-refractivity contribution >= 4 is 11.8 Å². The molecule has 8 heteroatoms. The Balaban J connectivity index is 2.22. The second kappa shape index (κ2) is 5.94. The van der Waals surface area contributed by atoms with Gasteiger partial charge in [0, 0.05) is 19.3 Å². The maximum absolute atomic E-state index is 13.0. The van der Waals surface area contributed by atoms with Crippen molar-refractivity contribution in [1.29, 1.82) is 0 Å². The Morgan fingerprint density at radius 3 is 2.59 bits per heavy atom. The minimum atomic E-state index is -4.58. The number of nitrogens with two attached hydrogens (primary N) is 1. The van der Waals surface area contributed by atoms with E-state index in [1.807, 2.05) is 6.92 Å². The average Bonchev–Trinajstić information content (AvgIpc) is 2.92. The Morgan fingerprint density at radius 1 is 1.41 bits per heavy atom. The van der Waals surface area contributed by atoms with E-state index < -0.39 is 36.4 Å². The molecule has 1 aromatic rings. The van der Waals surface area contributed by atoms with Crippen molar-refractivity contribution in [3.8, 4) is 0 Å². The van der Waals surface area contributed by atoms with Crippen LogP contribution in [0.3, 0.4) is 0 Å². The van der Waals surface area contributed by atoms with Crippen LogP contribution in [0.4, 0.5) is 13.2 Å². The molecule has 2 N–H and O–H groups in total. The van der Waals surface area contributed by atoms with Crippen molar-refractivity contribution in [3.05, 3.63) is 29.6 Å². The number of likely N-dealkylation sites (tertiary alicyclic amines) is 1. The zero-order chi connectivity index (χ0) is 16.5. The van der Waals surface area contributed by atoms with E-state index in [2.05, 4.69) is 4.98 Å². The summed E-state index contributed by atoms with van der Waals surface area (Å²) in [6.45, 7) is 0.979. The lowest BCUT2D eigenvalue weighted by Gasteiger charge is -2.18. The van der Waals surface area contributed by atoms with Gasteiger partial charge in [-0.2, -0.15) is 13.2 Å². The van der Waals surface area contributed by atoms with Crippen molar-refractivity contribution in [2.24, 2.45) is 17.6 Å². The summed E-state index contributed by atoms with van der Waals surface area (Å²) in [6, 6.07) is 3.27. The van der Waals surface area contributed by atoms with E-state index in [9.17, 15) is 22.8 Å². The van der Waals surface area contributed by atoms with E-state index in [1.54, 1.807) is 12.1 Å². The molecule has 2 atom stereocenters. The van der Waals surface area contributed by atoms with Gasteiger partial charge in [0.25, 0.3) is 5.91 Å². The Bertz CT molecular complexity index is 589. The predicted molar refractivity (Wildman–Crippen MR) is 71.7 cm³/mol. The van der Waals surface area contributed by atoms with Crippen LogP contribution in [0.5, 0.6) is 0 Å². The molecule has 1 aliphatic heterocycles. The third kappa shape index (κ3) is 3.20. The summed E-state index contributed by atoms with van der Waals surface area (Å²) in [5.41, 5.74) is 5.97. The molecule has 120 valence electrons. The summed E-state index contributed by atoms with van der Waals surface area (Å²) >= 11 is 0. The Morgan fingerprint density at radius 2 is 2.09 bits per heavy atom. The zero-order valence-electron chi connectivity index (χ0n) is 11.9. The van der Waals surface area contributed by atoms with Gasteiger partial charge in [-0.1, -0.05) is 6.92 Å². The highest BCUT2D eigenvalue weighted by Gasteiger charge is 2.52. The smallest absolute Gasteiger partial charge is 0.369 e. The van der Waals surface area contributed by atoms with Crippen LogP contribution in [0, 0.1) is 11.8 Å². The molecule has 0 aromatic carbocycles. The molecule has 2 rings (SSSR count). The first-order valence-corrected chi connectivity index (χ1v) is 6.84. The number of carbonyl (C=O) groups excluding carboxylic acids is 2. The number of primary amides is 1. The quantitative estimate of drug-likeness (QED) is 0.915. The minimum Gasteiger partial charge on any atom is -0.369 e. The molecule has 0 bridgehead atoms. The van der Waals surface area contributed by atoms with E-state index >= 15 is 0 Å². The van der Waals surface area contributed by atoms with Gasteiger partial charge in [-0.3, -0.25) is 14.6 Å². The van der Waals surface area contributed by atoms with Crippen LogP contribution in [0.2, 0.25) is 0 Å². The van der Waals surface area contributed by atoms with Crippen molar-refractivity contribution in [2.75, 3.05) is 13.1 Å². The molecule has 2 heterocycles. The van der Waals surface area contributed by atoms with Crippen LogP contribution in [-0.2, 0) is 11.2 Å². The first-order chi connectivity index (χ1) is 10.2.